The van der Waals surface area contributed by atoms with E-state index in [9.17, 15) is 0 Å². The van der Waals surface area contributed by atoms with E-state index >= 15 is 0 Å². The molecule has 0 saturated heterocycles. The minimum Gasteiger partial charge on any atom is -0.488 e. The molecule has 3 nitrogen and oxygen atoms in total. The summed E-state index contributed by atoms with van der Waals surface area (Å²) in [5.74, 6) is 0.639. The number of anilines is 1. The molecule has 0 aliphatic rings. The molecule has 0 aliphatic carbocycles. The molecule has 20 heavy (non-hydrogen) atoms. The van der Waals surface area contributed by atoms with Gasteiger partial charge in [0, 0.05) is 0 Å². The van der Waals surface area contributed by atoms with Crippen LogP contribution in [0.5, 0.6) is 5.75 Å². The van der Waals surface area contributed by atoms with Gasteiger partial charge in [-0.25, -0.2) is 0 Å². The monoisotopic (exact) mass is 286 g/mol. The predicted molar refractivity (Wildman–Crippen MR) is 84.8 cm³/mol. The summed E-state index contributed by atoms with van der Waals surface area (Å²) < 4.78 is 5.40. The van der Waals surface area contributed by atoms with Crippen LogP contribution in [0.25, 0.3) is 0 Å². The fraction of sp³-hybridized carbons (Fsp3) is 0.0625. The second-order valence-corrected chi connectivity index (χ2v) is 4.43. The molecule has 0 radical (unpaired) electrons. The van der Waals surface area contributed by atoms with Gasteiger partial charge < -0.3 is 4.74 Å². The molecular weight excluding hydrogens is 272 g/mol. The Kier molecular flexibility index (Phi) is 5.21. The molecule has 102 valence electrons. The number of hydrogen-bond donors (Lipinski definition) is 1. The van der Waals surface area contributed by atoms with Gasteiger partial charge in [0.1, 0.15) is 12.4 Å². The van der Waals surface area contributed by atoms with E-state index in [-0.39, 0.29) is 0 Å². The molecule has 2 aromatic rings. The number of ether oxygens (including phenoxy) is 1. The van der Waals surface area contributed by atoms with Crippen molar-refractivity contribution in [2.75, 3.05) is 12.0 Å². The Morgan fingerprint density at radius 1 is 1.20 bits per heavy atom. The topological polar surface area (TPSA) is 33.6 Å². The number of hydrazone groups is 1. The van der Waals surface area contributed by atoms with Crippen molar-refractivity contribution in [3.8, 4) is 5.75 Å². The summed E-state index contributed by atoms with van der Waals surface area (Å²) in [7, 11) is 0. The van der Waals surface area contributed by atoms with Crippen LogP contribution in [-0.2, 0) is 0 Å². The highest BCUT2D eigenvalue weighted by Crippen LogP contribution is 2.24. The maximum absolute atomic E-state index is 6.12. The van der Waals surface area contributed by atoms with Gasteiger partial charge in [-0.05, 0) is 35.9 Å². The molecule has 2 rings (SSSR count). The number of rotatable bonds is 6. The van der Waals surface area contributed by atoms with E-state index in [1.807, 2.05) is 42.5 Å². The Morgan fingerprint density at radius 3 is 2.70 bits per heavy atom. The van der Waals surface area contributed by atoms with Crippen LogP contribution >= 0.6 is 11.6 Å². The zero-order valence-corrected chi connectivity index (χ0v) is 11.7. The van der Waals surface area contributed by atoms with Gasteiger partial charge in [0.15, 0.2) is 0 Å². The molecule has 0 aliphatic heterocycles. The quantitative estimate of drug-likeness (QED) is 0.486. The second-order valence-electron chi connectivity index (χ2n) is 4.03. The normalized spacial score (nSPS) is 10.4. The number of para-hydroxylation sites is 1. The largest absolute Gasteiger partial charge is 0.488 e. The van der Waals surface area contributed by atoms with E-state index in [1.54, 1.807) is 18.4 Å². The summed E-state index contributed by atoms with van der Waals surface area (Å²) in [6.45, 7) is 4.03. The van der Waals surface area contributed by atoms with E-state index in [2.05, 4.69) is 17.1 Å². The Balaban J connectivity index is 1.99. The molecule has 0 spiro atoms. The summed E-state index contributed by atoms with van der Waals surface area (Å²) in [6.07, 6.45) is 3.38. The van der Waals surface area contributed by atoms with Gasteiger partial charge in [0.2, 0.25) is 0 Å². The fourth-order valence-corrected chi connectivity index (χ4v) is 1.80. The van der Waals surface area contributed by atoms with Gasteiger partial charge in [-0.2, -0.15) is 5.10 Å². The van der Waals surface area contributed by atoms with Crippen molar-refractivity contribution in [3.63, 3.8) is 0 Å². The number of benzene rings is 2. The third-order valence-corrected chi connectivity index (χ3v) is 2.79. The van der Waals surface area contributed by atoms with Gasteiger partial charge in [-0.3, -0.25) is 5.43 Å². The van der Waals surface area contributed by atoms with Crippen molar-refractivity contribution in [3.05, 3.63) is 71.8 Å². The van der Waals surface area contributed by atoms with Crippen molar-refractivity contribution >= 4 is 23.5 Å². The predicted octanol–water partition coefficient (Wildman–Crippen LogP) is 4.35. The molecule has 0 unspecified atom stereocenters. The molecule has 4 heteroatoms. The first-order valence-corrected chi connectivity index (χ1v) is 6.55. The summed E-state index contributed by atoms with van der Waals surface area (Å²) in [5.41, 5.74) is 4.77. The minimum absolute atomic E-state index is 0.433. The van der Waals surface area contributed by atoms with Crippen LogP contribution in [0.3, 0.4) is 0 Å². The molecule has 0 saturated carbocycles. The molecule has 0 amide bonds. The number of hydrogen-bond acceptors (Lipinski definition) is 3. The lowest BCUT2D eigenvalue weighted by Gasteiger charge is -2.06. The molecular formula is C16H15ClN2O. The maximum atomic E-state index is 6.12. The van der Waals surface area contributed by atoms with Crippen molar-refractivity contribution in [1.82, 2.24) is 0 Å². The maximum Gasteiger partial charge on any atom is 0.138 e. The summed E-state index contributed by atoms with van der Waals surface area (Å²) in [4.78, 5) is 0. The van der Waals surface area contributed by atoms with Crippen LogP contribution in [0.2, 0.25) is 5.02 Å². The van der Waals surface area contributed by atoms with Gasteiger partial charge in [-0.1, -0.05) is 42.5 Å². The van der Waals surface area contributed by atoms with Crippen LogP contribution in [0.1, 0.15) is 5.56 Å². The minimum atomic E-state index is 0.433. The van der Waals surface area contributed by atoms with E-state index in [0.717, 1.165) is 11.3 Å². The molecule has 0 fully saturated rings. The van der Waals surface area contributed by atoms with Crippen molar-refractivity contribution in [1.29, 1.82) is 0 Å². The first-order chi connectivity index (χ1) is 9.79. The number of nitrogens with zero attached hydrogens (tertiary/aromatic N) is 1. The molecule has 0 heterocycles. The average Bonchev–Trinajstić information content (AvgIpc) is 2.47. The molecule has 2 aromatic carbocycles. The average molecular weight is 287 g/mol. The van der Waals surface area contributed by atoms with Crippen LogP contribution in [0.15, 0.2) is 66.3 Å². The highest BCUT2D eigenvalue weighted by atomic mass is 35.5. The van der Waals surface area contributed by atoms with E-state index < -0.39 is 0 Å². The van der Waals surface area contributed by atoms with Crippen LogP contribution in [-0.4, -0.2) is 12.8 Å². The Morgan fingerprint density at radius 2 is 2.00 bits per heavy atom. The van der Waals surface area contributed by atoms with Crippen LogP contribution in [0, 0.1) is 0 Å². The van der Waals surface area contributed by atoms with Crippen LogP contribution in [0.4, 0.5) is 5.69 Å². The summed E-state index contributed by atoms with van der Waals surface area (Å²) in [6, 6.07) is 15.2. The lowest BCUT2D eigenvalue weighted by atomic mass is 10.2. The smallest absolute Gasteiger partial charge is 0.138 e. The van der Waals surface area contributed by atoms with Crippen LogP contribution < -0.4 is 10.2 Å². The SMILES string of the molecule is C=CCOc1ccc(C=NNc2ccccc2)cc1Cl. The third-order valence-electron chi connectivity index (χ3n) is 2.49. The van der Waals surface area contributed by atoms with Crippen molar-refractivity contribution in [2.45, 2.75) is 0 Å². The molecule has 0 atom stereocenters. The zero-order valence-electron chi connectivity index (χ0n) is 10.9. The summed E-state index contributed by atoms with van der Waals surface area (Å²) >= 11 is 6.12. The first-order valence-electron chi connectivity index (χ1n) is 6.17. The highest BCUT2D eigenvalue weighted by molar-refractivity contribution is 6.32. The van der Waals surface area contributed by atoms with E-state index in [1.165, 1.54) is 0 Å². The molecule has 1 N–H and O–H groups in total. The Bertz CT molecular complexity index is 597. The number of nitrogens with one attached hydrogen (secondary N) is 1. The van der Waals surface area contributed by atoms with Gasteiger partial charge in [-0.15, -0.1) is 0 Å². The van der Waals surface area contributed by atoms with Gasteiger partial charge in [0.05, 0.1) is 16.9 Å². The second kappa shape index (κ2) is 7.36. The van der Waals surface area contributed by atoms with Gasteiger partial charge >= 0.3 is 0 Å². The van der Waals surface area contributed by atoms with E-state index in [0.29, 0.717) is 17.4 Å². The zero-order chi connectivity index (χ0) is 14.2. The standard InChI is InChI=1S/C16H15ClN2O/c1-2-10-20-16-9-8-13(11-15(16)17)12-18-19-14-6-4-3-5-7-14/h2-9,11-12,19H,1,10H2. The third kappa shape index (κ3) is 4.14. The molecule has 0 aromatic heterocycles. The van der Waals surface area contributed by atoms with Gasteiger partial charge in [0.25, 0.3) is 0 Å². The van der Waals surface area contributed by atoms with E-state index in [4.69, 9.17) is 16.3 Å². The highest BCUT2D eigenvalue weighted by Gasteiger charge is 2.01. The lowest BCUT2D eigenvalue weighted by molar-refractivity contribution is 0.363. The van der Waals surface area contributed by atoms with Crippen molar-refractivity contribution in [2.24, 2.45) is 5.10 Å². The van der Waals surface area contributed by atoms with Crippen molar-refractivity contribution < 1.29 is 4.74 Å². The molecule has 0 bridgehead atoms. The first kappa shape index (κ1) is 14.2. The lowest BCUT2D eigenvalue weighted by Crippen LogP contribution is -1.95. The Labute approximate surface area is 123 Å². The number of halogens is 1. The Hall–Kier alpha value is -2.26. The summed E-state index contributed by atoms with van der Waals surface area (Å²) in [5, 5.41) is 4.71. The fourth-order valence-electron chi connectivity index (χ4n) is 1.56.